The molecular formula is C13H18FNO. The number of hydrogen-bond acceptors (Lipinski definition) is 2. The normalized spacial score (nSPS) is 18.7. The second-order valence-corrected chi connectivity index (χ2v) is 4.46. The van der Waals surface area contributed by atoms with Crippen LogP contribution in [-0.2, 0) is 0 Å². The molecule has 0 saturated heterocycles. The average molecular weight is 223 g/mol. The van der Waals surface area contributed by atoms with Crippen molar-refractivity contribution in [1.29, 1.82) is 0 Å². The van der Waals surface area contributed by atoms with Gasteiger partial charge >= 0.3 is 0 Å². The van der Waals surface area contributed by atoms with Crippen molar-refractivity contribution in [3.05, 3.63) is 29.6 Å². The number of rotatable bonds is 3. The number of hydrogen-bond donors (Lipinski definition) is 1. The van der Waals surface area contributed by atoms with Gasteiger partial charge in [0.2, 0.25) is 0 Å². The summed E-state index contributed by atoms with van der Waals surface area (Å²) in [4.78, 5) is 0. The van der Waals surface area contributed by atoms with E-state index in [1.54, 1.807) is 19.1 Å². The molecule has 2 rings (SSSR count). The molecule has 0 heterocycles. The highest BCUT2D eigenvalue weighted by atomic mass is 19.1. The first-order valence-corrected chi connectivity index (χ1v) is 5.89. The Balaban J connectivity index is 2.21. The van der Waals surface area contributed by atoms with Crippen LogP contribution in [0.15, 0.2) is 18.2 Å². The molecule has 0 aromatic heterocycles. The Kier molecular flexibility index (Phi) is 3.44. The van der Waals surface area contributed by atoms with Gasteiger partial charge < -0.3 is 10.5 Å². The predicted octanol–water partition coefficient (Wildman–Crippen LogP) is 3.17. The van der Waals surface area contributed by atoms with E-state index in [4.69, 9.17) is 10.5 Å². The van der Waals surface area contributed by atoms with E-state index in [0.717, 1.165) is 12.8 Å². The van der Waals surface area contributed by atoms with Crippen LogP contribution in [0, 0.1) is 5.82 Å². The summed E-state index contributed by atoms with van der Waals surface area (Å²) < 4.78 is 19.4. The molecule has 3 heteroatoms. The summed E-state index contributed by atoms with van der Waals surface area (Å²) in [6.45, 7) is 1.78. The number of halogens is 1. The van der Waals surface area contributed by atoms with Gasteiger partial charge in [-0.2, -0.15) is 0 Å². The molecule has 0 amide bonds. The molecule has 1 aliphatic carbocycles. The van der Waals surface area contributed by atoms with Crippen LogP contribution in [-0.4, -0.2) is 6.10 Å². The van der Waals surface area contributed by atoms with Crippen LogP contribution in [0.1, 0.15) is 44.2 Å². The largest absolute Gasteiger partial charge is 0.490 e. The van der Waals surface area contributed by atoms with E-state index in [0.29, 0.717) is 11.3 Å². The van der Waals surface area contributed by atoms with Crippen LogP contribution in [0.4, 0.5) is 4.39 Å². The van der Waals surface area contributed by atoms with Crippen LogP contribution < -0.4 is 10.5 Å². The topological polar surface area (TPSA) is 35.2 Å². The van der Waals surface area contributed by atoms with Gasteiger partial charge in [-0.1, -0.05) is 6.07 Å². The molecule has 0 bridgehead atoms. The van der Waals surface area contributed by atoms with Gasteiger partial charge in [0.1, 0.15) is 11.6 Å². The van der Waals surface area contributed by atoms with Crippen molar-refractivity contribution in [2.75, 3.05) is 0 Å². The molecular weight excluding hydrogens is 205 g/mol. The van der Waals surface area contributed by atoms with Gasteiger partial charge in [0.15, 0.2) is 0 Å². The molecule has 1 aliphatic rings. The van der Waals surface area contributed by atoms with Gasteiger partial charge in [0.25, 0.3) is 0 Å². The van der Waals surface area contributed by atoms with E-state index in [9.17, 15) is 4.39 Å². The molecule has 0 radical (unpaired) electrons. The Hall–Kier alpha value is -1.09. The fourth-order valence-electron chi connectivity index (χ4n) is 2.25. The van der Waals surface area contributed by atoms with E-state index < -0.39 is 0 Å². The lowest BCUT2D eigenvalue weighted by atomic mass is 10.1. The predicted molar refractivity (Wildman–Crippen MR) is 61.9 cm³/mol. The van der Waals surface area contributed by atoms with E-state index in [2.05, 4.69) is 0 Å². The quantitative estimate of drug-likeness (QED) is 0.854. The monoisotopic (exact) mass is 223 g/mol. The van der Waals surface area contributed by atoms with Gasteiger partial charge in [-0.05, 0) is 44.7 Å². The lowest BCUT2D eigenvalue weighted by Gasteiger charge is -2.18. The van der Waals surface area contributed by atoms with Crippen LogP contribution in [0.3, 0.4) is 0 Å². The standard InChI is InChI=1S/C13H18FNO/c1-9(15)13-11(14)7-4-8-12(13)16-10-5-2-3-6-10/h4,7-10H,2-3,5-6,15H2,1H3/t9-/m0/s1. The molecule has 16 heavy (non-hydrogen) atoms. The lowest BCUT2D eigenvalue weighted by molar-refractivity contribution is 0.206. The molecule has 0 aliphatic heterocycles. The minimum absolute atomic E-state index is 0.235. The fraction of sp³-hybridized carbons (Fsp3) is 0.538. The van der Waals surface area contributed by atoms with Gasteiger partial charge in [-0.15, -0.1) is 0 Å². The molecule has 88 valence electrons. The molecule has 1 aromatic carbocycles. The minimum Gasteiger partial charge on any atom is -0.490 e. The lowest BCUT2D eigenvalue weighted by Crippen LogP contribution is -2.16. The maximum Gasteiger partial charge on any atom is 0.131 e. The minimum atomic E-state index is -0.336. The fourth-order valence-corrected chi connectivity index (χ4v) is 2.25. The van der Waals surface area contributed by atoms with Gasteiger partial charge in [-0.3, -0.25) is 0 Å². The second kappa shape index (κ2) is 4.83. The summed E-state index contributed by atoms with van der Waals surface area (Å²) in [5.74, 6) is 0.340. The first kappa shape index (κ1) is 11.4. The Bertz CT molecular complexity index is 359. The van der Waals surface area contributed by atoms with Gasteiger partial charge in [-0.25, -0.2) is 4.39 Å². The Morgan fingerprint density at radius 3 is 2.69 bits per heavy atom. The van der Waals surface area contributed by atoms with Crippen molar-refractivity contribution < 1.29 is 9.13 Å². The maximum atomic E-state index is 13.6. The van der Waals surface area contributed by atoms with Crippen molar-refractivity contribution >= 4 is 0 Å². The zero-order valence-corrected chi connectivity index (χ0v) is 9.58. The molecule has 2 nitrogen and oxygen atoms in total. The van der Waals surface area contributed by atoms with Crippen LogP contribution in [0.2, 0.25) is 0 Å². The van der Waals surface area contributed by atoms with Crippen LogP contribution in [0.25, 0.3) is 0 Å². The van der Waals surface area contributed by atoms with E-state index in [1.807, 2.05) is 0 Å². The van der Waals surface area contributed by atoms with Crippen LogP contribution >= 0.6 is 0 Å². The highest BCUT2D eigenvalue weighted by Gasteiger charge is 2.20. The third-order valence-corrected chi connectivity index (χ3v) is 3.06. The molecule has 0 unspecified atom stereocenters. The molecule has 1 atom stereocenters. The number of benzene rings is 1. The van der Waals surface area contributed by atoms with E-state index in [1.165, 1.54) is 18.9 Å². The summed E-state index contributed by atoms with van der Waals surface area (Å²) >= 11 is 0. The first-order valence-electron chi connectivity index (χ1n) is 5.89. The van der Waals surface area contributed by atoms with Gasteiger partial charge in [0, 0.05) is 11.6 Å². The highest BCUT2D eigenvalue weighted by Crippen LogP contribution is 2.30. The van der Waals surface area contributed by atoms with E-state index in [-0.39, 0.29) is 18.0 Å². The molecule has 1 fully saturated rings. The zero-order valence-electron chi connectivity index (χ0n) is 9.58. The first-order chi connectivity index (χ1) is 7.68. The zero-order chi connectivity index (χ0) is 11.5. The third-order valence-electron chi connectivity index (χ3n) is 3.06. The average Bonchev–Trinajstić information content (AvgIpc) is 2.70. The summed E-state index contributed by atoms with van der Waals surface area (Å²) in [5, 5.41) is 0. The van der Waals surface area contributed by atoms with Crippen molar-refractivity contribution in [2.45, 2.75) is 44.8 Å². The van der Waals surface area contributed by atoms with Crippen molar-refractivity contribution in [3.8, 4) is 5.75 Å². The molecule has 1 aromatic rings. The molecule has 2 N–H and O–H groups in total. The van der Waals surface area contributed by atoms with Crippen molar-refractivity contribution in [3.63, 3.8) is 0 Å². The van der Waals surface area contributed by atoms with Crippen molar-refractivity contribution in [1.82, 2.24) is 0 Å². The Morgan fingerprint density at radius 2 is 2.06 bits per heavy atom. The summed E-state index contributed by atoms with van der Waals surface area (Å²) in [6, 6.07) is 4.57. The summed E-state index contributed by atoms with van der Waals surface area (Å²) in [6.07, 6.45) is 4.77. The SMILES string of the molecule is C[C@H](N)c1c(F)cccc1OC1CCCC1. The summed E-state index contributed by atoms with van der Waals surface area (Å²) in [7, 11) is 0. The third kappa shape index (κ3) is 2.35. The van der Waals surface area contributed by atoms with Crippen LogP contribution in [0.5, 0.6) is 5.75 Å². The van der Waals surface area contributed by atoms with Crippen molar-refractivity contribution in [2.24, 2.45) is 5.73 Å². The Labute approximate surface area is 95.6 Å². The molecule has 0 spiro atoms. The van der Waals surface area contributed by atoms with E-state index >= 15 is 0 Å². The number of nitrogens with two attached hydrogens (primary N) is 1. The smallest absolute Gasteiger partial charge is 0.131 e. The second-order valence-electron chi connectivity index (χ2n) is 4.46. The maximum absolute atomic E-state index is 13.6. The van der Waals surface area contributed by atoms with Gasteiger partial charge in [0.05, 0.1) is 6.10 Å². The summed E-state index contributed by atoms with van der Waals surface area (Å²) in [5.41, 5.74) is 6.26. The highest BCUT2D eigenvalue weighted by molar-refractivity contribution is 5.37. The number of ether oxygens (including phenoxy) is 1. The Morgan fingerprint density at radius 1 is 1.38 bits per heavy atom. The molecule has 1 saturated carbocycles.